The van der Waals surface area contributed by atoms with E-state index in [4.69, 9.17) is 0 Å². The zero-order valence-electron chi connectivity index (χ0n) is 15.7. The minimum absolute atomic E-state index is 0.131. The van der Waals surface area contributed by atoms with Gasteiger partial charge in [-0.2, -0.15) is 0 Å². The Labute approximate surface area is 160 Å². The number of benzene rings is 2. The maximum absolute atomic E-state index is 11.9. The van der Waals surface area contributed by atoms with E-state index in [1.807, 2.05) is 18.2 Å². The van der Waals surface area contributed by atoms with Crippen LogP contribution in [0.25, 0.3) is 10.9 Å². The second-order valence-corrected chi connectivity index (χ2v) is 7.07. The second kappa shape index (κ2) is 9.81. The average molecular weight is 364 g/mol. The number of aromatic nitrogens is 1. The molecule has 0 spiro atoms. The summed E-state index contributed by atoms with van der Waals surface area (Å²) in [5.74, 6) is 0.400. The van der Waals surface area contributed by atoms with Gasteiger partial charge in [-0.1, -0.05) is 43.2 Å². The molecule has 0 aliphatic heterocycles. The van der Waals surface area contributed by atoms with Gasteiger partial charge in [0.2, 0.25) is 5.91 Å². The Morgan fingerprint density at radius 1 is 0.926 bits per heavy atom. The normalized spacial score (nSPS) is 11.0. The van der Waals surface area contributed by atoms with Crippen LogP contribution in [0.3, 0.4) is 0 Å². The maximum Gasteiger partial charge on any atom is 0.220 e. The summed E-state index contributed by atoms with van der Waals surface area (Å²) in [6.07, 6.45) is 6.89. The highest BCUT2D eigenvalue weighted by Gasteiger charge is 2.04. The number of phenolic OH excluding ortho intramolecular Hbond substituents is 1. The van der Waals surface area contributed by atoms with Crippen molar-refractivity contribution in [2.24, 2.45) is 0 Å². The fourth-order valence-electron chi connectivity index (χ4n) is 3.35. The van der Waals surface area contributed by atoms with Crippen molar-refractivity contribution in [1.29, 1.82) is 0 Å². The molecule has 3 aromatic rings. The van der Waals surface area contributed by atoms with E-state index >= 15 is 0 Å². The molecule has 4 nitrogen and oxygen atoms in total. The number of H-pyrrole nitrogens is 1. The van der Waals surface area contributed by atoms with Crippen LogP contribution < -0.4 is 5.32 Å². The molecule has 1 amide bonds. The maximum atomic E-state index is 11.9. The molecule has 142 valence electrons. The minimum Gasteiger partial charge on any atom is -0.508 e. The Morgan fingerprint density at radius 2 is 1.74 bits per heavy atom. The van der Waals surface area contributed by atoms with Crippen LogP contribution in [0.2, 0.25) is 0 Å². The highest BCUT2D eigenvalue weighted by Crippen LogP contribution is 2.20. The van der Waals surface area contributed by atoms with Gasteiger partial charge in [0.1, 0.15) is 5.75 Å². The number of carbonyl (C=O) groups is 1. The summed E-state index contributed by atoms with van der Waals surface area (Å²) in [6, 6.07) is 17.9. The fourth-order valence-corrected chi connectivity index (χ4v) is 3.35. The van der Waals surface area contributed by atoms with Gasteiger partial charge in [0.15, 0.2) is 0 Å². The Kier molecular flexibility index (Phi) is 6.91. The predicted molar refractivity (Wildman–Crippen MR) is 110 cm³/mol. The van der Waals surface area contributed by atoms with Crippen molar-refractivity contribution in [1.82, 2.24) is 10.3 Å². The van der Waals surface area contributed by atoms with Gasteiger partial charge in [0, 0.05) is 36.0 Å². The Morgan fingerprint density at radius 3 is 2.59 bits per heavy atom. The molecule has 0 radical (unpaired) electrons. The predicted octanol–water partition coefficient (Wildman–Crippen LogP) is 4.73. The van der Waals surface area contributed by atoms with E-state index in [1.165, 1.54) is 18.4 Å². The van der Waals surface area contributed by atoms with Crippen LogP contribution in [0, 0.1) is 0 Å². The van der Waals surface area contributed by atoms with Crippen LogP contribution in [0.15, 0.2) is 54.6 Å². The molecule has 1 heterocycles. The molecule has 2 aromatic carbocycles. The van der Waals surface area contributed by atoms with Crippen molar-refractivity contribution in [3.8, 4) is 5.75 Å². The standard InChI is InChI=1S/C23H28N2O2/c26-21-12-13-22-19(17-21)16-20(25-22)14-15-24-23(27)11-7-2-1-4-8-18-9-5-3-6-10-18/h3,5-6,9-10,12-13,16-17,25-26H,1-2,4,7-8,11,14-15H2,(H,24,27). The molecule has 0 saturated carbocycles. The van der Waals surface area contributed by atoms with E-state index < -0.39 is 0 Å². The van der Waals surface area contributed by atoms with Gasteiger partial charge in [0.05, 0.1) is 0 Å². The van der Waals surface area contributed by atoms with E-state index in [2.05, 4.69) is 34.6 Å². The molecule has 0 aliphatic rings. The van der Waals surface area contributed by atoms with Crippen molar-refractivity contribution in [3.63, 3.8) is 0 Å². The Balaban J connectivity index is 1.26. The van der Waals surface area contributed by atoms with Crippen LogP contribution in [-0.4, -0.2) is 22.5 Å². The number of carbonyl (C=O) groups excluding carboxylic acids is 1. The Hall–Kier alpha value is -2.75. The number of hydrogen-bond acceptors (Lipinski definition) is 2. The van der Waals surface area contributed by atoms with Gasteiger partial charge in [0.25, 0.3) is 0 Å². The molecule has 3 rings (SSSR count). The van der Waals surface area contributed by atoms with Crippen LogP contribution in [0.5, 0.6) is 5.75 Å². The van der Waals surface area contributed by atoms with Crippen molar-refractivity contribution in [2.45, 2.75) is 44.9 Å². The zero-order chi connectivity index (χ0) is 18.9. The number of aromatic hydroxyl groups is 1. The summed E-state index contributed by atoms with van der Waals surface area (Å²) in [6.45, 7) is 0.631. The second-order valence-electron chi connectivity index (χ2n) is 7.07. The molecule has 0 unspecified atom stereocenters. The first kappa shape index (κ1) is 19.0. The number of phenols is 1. The molecule has 0 bridgehead atoms. The number of aromatic amines is 1. The summed E-state index contributed by atoms with van der Waals surface area (Å²) in [5.41, 5.74) is 3.46. The molecule has 0 aliphatic carbocycles. The van der Waals surface area contributed by atoms with Gasteiger partial charge in [-0.25, -0.2) is 0 Å². The summed E-state index contributed by atoms with van der Waals surface area (Å²) < 4.78 is 0. The van der Waals surface area contributed by atoms with E-state index in [0.29, 0.717) is 13.0 Å². The number of rotatable bonds is 10. The number of hydrogen-bond donors (Lipinski definition) is 3. The van der Waals surface area contributed by atoms with Crippen LogP contribution in [-0.2, 0) is 17.6 Å². The van der Waals surface area contributed by atoms with E-state index in [9.17, 15) is 9.90 Å². The van der Waals surface area contributed by atoms with E-state index in [1.54, 1.807) is 12.1 Å². The topological polar surface area (TPSA) is 65.1 Å². The molecule has 0 saturated heterocycles. The smallest absolute Gasteiger partial charge is 0.220 e. The fraction of sp³-hybridized carbons (Fsp3) is 0.348. The Bertz CT molecular complexity index is 855. The molecule has 1 aromatic heterocycles. The lowest BCUT2D eigenvalue weighted by molar-refractivity contribution is -0.121. The number of aryl methyl sites for hydroxylation is 1. The quantitative estimate of drug-likeness (QED) is 0.456. The number of unbranched alkanes of at least 4 members (excludes halogenated alkanes) is 3. The van der Waals surface area contributed by atoms with E-state index in [-0.39, 0.29) is 11.7 Å². The molecular formula is C23H28N2O2. The lowest BCUT2D eigenvalue weighted by atomic mass is 10.1. The molecule has 4 heteroatoms. The zero-order valence-corrected chi connectivity index (χ0v) is 15.7. The summed E-state index contributed by atoms with van der Waals surface area (Å²) in [7, 11) is 0. The van der Waals surface area contributed by atoms with Crippen molar-refractivity contribution < 1.29 is 9.90 Å². The van der Waals surface area contributed by atoms with Crippen molar-refractivity contribution >= 4 is 16.8 Å². The highest BCUT2D eigenvalue weighted by atomic mass is 16.3. The summed E-state index contributed by atoms with van der Waals surface area (Å²) in [4.78, 5) is 15.3. The van der Waals surface area contributed by atoms with Crippen molar-refractivity contribution in [2.75, 3.05) is 6.54 Å². The lowest BCUT2D eigenvalue weighted by Crippen LogP contribution is -2.25. The third-order valence-corrected chi connectivity index (χ3v) is 4.84. The largest absolute Gasteiger partial charge is 0.508 e. The third-order valence-electron chi connectivity index (χ3n) is 4.84. The van der Waals surface area contributed by atoms with Crippen LogP contribution in [0.1, 0.15) is 43.4 Å². The van der Waals surface area contributed by atoms with Gasteiger partial charge in [-0.05, 0) is 49.1 Å². The monoisotopic (exact) mass is 364 g/mol. The number of fused-ring (bicyclic) bond motifs is 1. The summed E-state index contributed by atoms with van der Waals surface area (Å²) in [5, 5.41) is 13.5. The third kappa shape index (κ3) is 6.17. The first-order valence-electron chi connectivity index (χ1n) is 9.82. The van der Waals surface area contributed by atoms with Crippen LogP contribution in [0.4, 0.5) is 0 Å². The lowest BCUT2D eigenvalue weighted by Gasteiger charge is -2.05. The first-order chi connectivity index (χ1) is 13.2. The van der Waals surface area contributed by atoms with E-state index in [0.717, 1.165) is 42.3 Å². The molecule has 27 heavy (non-hydrogen) atoms. The number of amides is 1. The van der Waals surface area contributed by atoms with Gasteiger partial charge >= 0.3 is 0 Å². The number of nitrogens with one attached hydrogen (secondary N) is 2. The molecule has 0 fully saturated rings. The molecule has 0 atom stereocenters. The average Bonchev–Trinajstić information content (AvgIpc) is 3.07. The highest BCUT2D eigenvalue weighted by molar-refractivity contribution is 5.81. The SMILES string of the molecule is O=C(CCCCCCc1ccccc1)NCCc1cc2cc(O)ccc2[nH]1. The molecular weight excluding hydrogens is 336 g/mol. The van der Waals surface area contributed by atoms with Gasteiger partial charge in [-0.15, -0.1) is 0 Å². The minimum atomic E-state index is 0.131. The van der Waals surface area contributed by atoms with Gasteiger partial charge in [-0.3, -0.25) is 4.79 Å². The van der Waals surface area contributed by atoms with Crippen LogP contribution >= 0.6 is 0 Å². The first-order valence-corrected chi connectivity index (χ1v) is 9.82. The van der Waals surface area contributed by atoms with Crippen molar-refractivity contribution in [3.05, 3.63) is 65.9 Å². The van der Waals surface area contributed by atoms with Gasteiger partial charge < -0.3 is 15.4 Å². The summed E-state index contributed by atoms with van der Waals surface area (Å²) >= 11 is 0. The molecule has 3 N–H and O–H groups in total.